The zero-order valence-electron chi connectivity index (χ0n) is 46.2. The van der Waals surface area contributed by atoms with E-state index >= 15 is 0 Å². The van der Waals surface area contributed by atoms with Crippen molar-refractivity contribution in [3.05, 3.63) is 109 Å². The van der Waals surface area contributed by atoms with Crippen LogP contribution >= 0.6 is 0 Å². The zero-order chi connectivity index (χ0) is 51.4. The molecule has 6 heteroatoms. The lowest BCUT2D eigenvalue weighted by molar-refractivity contribution is -0.167. The van der Waals surface area contributed by atoms with Gasteiger partial charge in [0.25, 0.3) is 0 Å². The van der Waals surface area contributed by atoms with Gasteiger partial charge in [0.15, 0.2) is 6.10 Å². The fourth-order valence-corrected chi connectivity index (χ4v) is 7.88. The van der Waals surface area contributed by atoms with Crippen LogP contribution in [0, 0.1) is 0 Å². The molecule has 0 aliphatic heterocycles. The van der Waals surface area contributed by atoms with Crippen molar-refractivity contribution in [2.45, 2.75) is 271 Å². The Bertz CT molecular complexity index is 1460. The quantitative estimate of drug-likeness (QED) is 0.0261. The second-order valence-corrected chi connectivity index (χ2v) is 19.2. The minimum atomic E-state index is -0.824. The van der Waals surface area contributed by atoms with Crippen LogP contribution < -0.4 is 0 Å². The molecule has 0 aliphatic rings. The molecule has 0 aromatic rings. The summed E-state index contributed by atoms with van der Waals surface area (Å²) in [5, 5.41) is 0. The lowest BCUT2D eigenvalue weighted by Gasteiger charge is -2.18. The van der Waals surface area contributed by atoms with Gasteiger partial charge in [-0.25, -0.2) is 0 Å². The molecule has 0 rings (SSSR count). The lowest BCUT2D eigenvalue weighted by atomic mass is 10.0. The first kappa shape index (κ1) is 67.1. The largest absolute Gasteiger partial charge is 0.462 e. The summed E-state index contributed by atoms with van der Waals surface area (Å²) in [6.45, 7) is 6.42. The molecule has 0 bridgehead atoms. The summed E-state index contributed by atoms with van der Waals surface area (Å²) in [5.41, 5.74) is 0. The number of carbonyl (C=O) groups excluding carboxylic acids is 3. The predicted octanol–water partition coefficient (Wildman–Crippen LogP) is 19.9. The molecule has 0 spiro atoms. The van der Waals surface area contributed by atoms with E-state index in [9.17, 15) is 14.4 Å². The van der Waals surface area contributed by atoms with E-state index in [1.165, 1.54) is 128 Å². The molecule has 0 amide bonds. The highest BCUT2D eigenvalue weighted by atomic mass is 16.6. The standard InChI is InChI=1S/C65H108O6/c1-4-7-10-13-16-19-22-25-28-31-32-35-38-41-44-47-50-53-56-59-65(68)71-62(60-69-63(66)57-54-51-48-45-42-39-36-33-29-26-23-20-17-14-11-8-5-2)61-70-64(67)58-55-52-49-46-43-40-37-34-30-27-24-21-18-15-12-9-6-3/h8,11,17-18,20-21,26-27,29-30,36-37,39-40,45-46,48-49,62H,4-7,9-10,12-16,19,22-25,28,31-35,38,41-44,47,50-61H2,1-3H3/b11-8-,20-17-,21-18-,29-26-,30-27-,39-36-,40-37-,48-45-,49-46-/t62-/m1/s1. The summed E-state index contributed by atoms with van der Waals surface area (Å²) >= 11 is 0. The summed E-state index contributed by atoms with van der Waals surface area (Å²) in [6, 6.07) is 0. The van der Waals surface area contributed by atoms with E-state index in [1.807, 2.05) is 0 Å². The van der Waals surface area contributed by atoms with Crippen molar-refractivity contribution < 1.29 is 28.6 Å². The molecule has 0 heterocycles. The van der Waals surface area contributed by atoms with E-state index in [2.05, 4.69) is 130 Å². The van der Waals surface area contributed by atoms with Crippen LogP contribution in [0.4, 0.5) is 0 Å². The average Bonchev–Trinajstić information content (AvgIpc) is 3.37. The summed E-state index contributed by atoms with van der Waals surface area (Å²) in [5.74, 6) is -1.03. The molecule has 0 aliphatic carbocycles. The molecular formula is C65H108O6. The highest BCUT2D eigenvalue weighted by Crippen LogP contribution is 2.16. The number of ether oxygens (including phenoxy) is 3. The Morgan fingerprint density at radius 1 is 0.296 bits per heavy atom. The normalized spacial score (nSPS) is 12.9. The number of rotatable bonds is 52. The van der Waals surface area contributed by atoms with Crippen molar-refractivity contribution in [2.75, 3.05) is 13.2 Å². The van der Waals surface area contributed by atoms with Crippen LogP contribution in [-0.4, -0.2) is 37.2 Å². The van der Waals surface area contributed by atoms with Crippen molar-refractivity contribution in [1.82, 2.24) is 0 Å². The van der Waals surface area contributed by atoms with E-state index in [0.717, 1.165) is 83.5 Å². The van der Waals surface area contributed by atoms with Crippen LogP contribution in [0.15, 0.2) is 109 Å². The molecule has 1 atom stereocenters. The Kier molecular flexibility index (Phi) is 55.4. The first-order valence-electron chi connectivity index (χ1n) is 29.4. The summed E-state index contributed by atoms with van der Waals surface area (Å²) < 4.78 is 16.8. The number of unbranched alkanes of at least 4 members (excludes halogenated alkanes) is 23. The van der Waals surface area contributed by atoms with Gasteiger partial charge in [-0.2, -0.15) is 0 Å². The molecule has 0 saturated heterocycles. The molecular weight excluding hydrogens is 877 g/mol. The van der Waals surface area contributed by atoms with Crippen molar-refractivity contribution >= 4 is 17.9 Å². The second-order valence-electron chi connectivity index (χ2n) is 19.2. The fraction of sp³-hybridized carbons (Fsp3) is 0.677. The number of carbonyl (C=O) groups is 3. The molecule has 0 saturated carbocycles. The van der Waals surface area contributed by atoms with E-state index < -0.39 is 6.10 Å². The first-order valence-corrected chi connectivity index (χ1v) is 29.4. The molecule has 0 unspecified atom stereocenters. The first-order chi connectivity index (χ1) is 35.0. The number of hydrogen-bond donors (Lipinski definition) is 0. The SMILES string of the molecule is CC/C=C\C/C=C\C/C=C\C/C=C\C/C=C\CCCC(=O)OC[C@H](COC(=O)CCC/C=C\C/C=C\C/C=C\C/C=C\CCCCC)OC(=O)CCCCCCCCCCCCCCCCCCCCC. The monoisotopic (exact) mass is 985 g/mol. The average molecular weight is 986 g/mol. The Hall–Kier alpha value is -3.93. The third-order valence-corrected chi connectivity index (χ3v) is 12.3. The highest BCUT2D eigenvalue weighted by molar-refractivity contribution is 5.71. The molecule has 404 valence electrons. The molecule has 0 radical (unpaired) electrons. The maximum Gasteiger partial charge on any atom is 0.306 e. The molecule has 0 fully saturated rings. The van der Waals surface area contributed by atoms with Gasteiger partial charge in [0.1, 0.15) is 13.2 Å². The minimum Gasteiger partial charge on any atom is -0.462 e. The second kappa shape index (κ2) is 58.6. The Morgan fingerprint density at radius 3 is 0.901 bits per heavy atom. The third-order valence-electron chi connectivity index (χ3n) is 12.3. The van der Waals surface area contributed by atoms with Gasteiger partial charge >= 0.3 is 17.9 Å². The maximum atomic E-state index is 12.9. The molecule has 0 aromatic heterocycles. The van der Waals surface area contributed by atoms with Crippen LogP contribution in [-0.2, 0) is 28.6 Å². The van der Waals surface area contributed by atoms with Crippen LogP contribution in [0.1, 0.15) is 265 Å². The van der Waals surface area contributed by atoms with Gasteiger partial charge < -0.3 is 14.2 Å². The minimum absolute atomic E-state index is 0.124. The van der Waals surface area contributed by atoms with Gasteiger partial charge in [-0.1, -0.05) is 259 Å². The predicted molar refractivity (Wildman–Crippen MR) is 307 cm³/mol. The van der Waals surface area contributed by atoms with Gasteiger partial charge in [0.05, 0.1) is 0 Å². The van der Waals surface area contributed by atoms with Crippen LogP contribution in [0.5, 0.6) is 0 Å². The van der Waals surface area contributed by atoms with Gasteiger partial charge in [0, 0.05) is 19.3 Å². The van der Waals surface area contributed by atoms with Gasteiger partial charge in [-0.3, -0.25) is 14.4 Å². The Balaban J connectivity index is 4.53. The smallest absolute Gasteiger partial charge is 0.306 e. The topological polar surface area (TPSA) is 78.9 Å². The number of allylic oxidation sites excluding steroid dienone is 18. The van der Waals surface area contributed by atoms with E-state index in [1.54, 1.807) is 0 Å². The summed E-state index contributed by atoms with van der Waals surface area (Å²) in [6.07, 6.45) is 79.5. The third kappa shape index (κ3) is 56.9. The van der Waals surface area contributed by atoms with Crippen molar-refractivity contribution in [2.24, 2.45) is 0 Å². The number of esters is 3. The van der Waals surface area contributed by atoms with Crippen molar-refractivity contribution in [3.8, 4) is 0 Å². The highest BCUT2D eigenvalue weighted by Gasteiger charge is 2.19. The van der Waals surface area contributed by atoms with Crippen molar-refractivity contribution in [3.63, 3.8) is 0 Å². The van der Waals surface area contributed by atoms with Crippen LogP contribution in [0.3, 0.4) is 0 Å². The van der Waals surface area contributed by atoms with Gasteiger partial charge in [0.2, 0.25) is 0 Å². The van der Waals surface area contributed by atoms with Gasteiger partial charge in [-0.15, -0.1) is 0 Å². The van der Waals surface area contributed by atoms with E-state index in [4.69, 9.17) is 14.2 Å². The fourth-order valence-electron chi connectivity index (χ4n) is 7.88. The summed E-state index contributed by atoms with van der Waals surface area (Å²) in [7, 11) is 0. The van der Waals surface area contributed by atoms with Crippen LogP contribution in [0.25, 0.3) is 0 Å². The zero-order valence-corrected chi connectivity index (χ0v) is 46.2. The van der Waals surface area contributed by atoms with Gasteiger partial charge in [-0.05, 0) is 96.3 Å². The summed E-state index contributed by atoms with van der Waals surface area (Å²) in [4.78, 5) is 38.2. The molecule has 71 heavy (non-hydrogen) atoms. The number of hydrogen-bond acceptors (Lipinski definition) is 6. The Labute approximate surface area is 438 Å². The Morgan fingerprint density at radius 2 is 0.563 bits per heavy atom. The molecule has 6 nitrogen and oxygen atoms in total. The van der Waals surface area contributed by atoms with E-state index in [-0.39, 0.29) is 44.0 Å². The maximum absolute atomic E-state index is 12.9. The lowest BCUT2D eigenvalue weighted by Crippen LogP contribution is -2.30. The molecule has 0 aromatic carbocycles. The van der Waals surface area contributed by atoms with E-state index in [0.29, 0.717) is 19.3 Å². The van der Waals surface area contributed by atoms with Crippen molar-refractivity contribution in [1.29, 1.82) is 0 Å². The molecule has 0 N–H and O–H groups in total. The van der Waals surface area contributed by atoms with Crippen LogP contribution in [0.2, 0.25) is 0 Å².